The molecule has 2 aliphatic heterocycles. The summed E-state index contributed by atoms with van der Waals surface area (Å²) in [7, 11) is 0. The number of rotatable bonds is 8. The molecule has 0 unspecified atom stereocenters. The van der Waals surface area contributed by atoms with Crippen molar-refractivity contribution in [2.75, 3.05) is 26.2 Å². The Morgan fingerprint density at radius 3 is 2.26 bits per heavy atom. The number of nitrogens with zero attached hydrogens (tertiary/aromatic N) is 1. The summed E-state index contributed by atoms with van der Waals surface area (Å²) < 4.78 is 13.1. The van der Waals surface area contributed by atoms with Crippen LogP contribution in [0.4, 0.5) is 4.79 Å². The van der Waals surface area contributed by atoms with Crippen molar-refractivity contribution in [3.8, 4) is 0 Å². The van der Waals surface area contributed by atoms with Gasteiger partial charge in [-0.1, -0.05) is 61.9 Å². The molecule has 2 aromatic rings. The van der Waals surface area contributed by atoms with Crippen molar-refractivity contribution >= 4 is 6.03 Å². The fraction of sp³-hybridized carbons (Fsp3) is 0.536. The lowest BCUT2D eigenvalue weighted by Gasteiger charge is -2.43. The quantitative estimate of drug-likeness (QED) is 0.524. The molecule has 0 saturated carbocycles. The average molecular weight is 482 g/mol. The van der Waals surface area contributed by atoms with E-state index in [1.807, 2.05) is 43.3 Å². The highest BCUT2D eigenvalue weighted by Crippen LogP contribution is 2.42. The fourth-order valence-corrected chi connectivity index (χ4v) is 4.92. The smallest absolute Gasteiger partial charge is 0.315 e. The van der Waals surface area contributed by atoms with E-state index in [1.165, 1.54) is 19.3 Å². The first kappa shape index (κ1) is 25.6. The monoisotopic (exact) mass is 481 g/mol. The fourth-order valence-electron chi connectivity index (χ4n) is 4.92. The van der Waals surface area contributed by atoms with Crippen molar-refractivity contribution in [2.24, 2.45) is 5.92 Å². The first-order valence-corrected chi connectivity index (χ1v) is 12.9. The Morgan fingerprint density at radius 2 is 1.60 bits per heavy atom. The van der Waals surface area contributed by atoms with Crippen LogP contribution in [0.1, 0.15) is 67.8 Å². The zero-order valence-electron chi connectivity index (χ0n) is 20.9. The van der Waals surface area contributed by atoms with E-state index in [-0.39, 0.29) is 30.8 Å². The van der Waals surface area contributed by atoms with Gasteiger partial charge < -0.3 is 30.1 Å². The van der Waals surface area contributed by atoms with Crippen LogP contribution >= 0.6 is 0 Å². The lowest BCUT2D eigenvalue weighted by molar-refractivity contribution is -0.276. The molecule has 4 atom stereocenters. The molecule has 190 valence electrons. The summed E-state index contributed by atoms with van der Waals surface area (Å²) in [5, 5.41) is 15.0. The predicted octanol–water partition coefficient (Wildman–Crippen LogP) is 4.28. The summed E-state index contributed by atoms with van der Waals surface area (Å²) in [5.74, 6) is 0.189. The van der Waals surface area contributed by atoms with Gasteiger partial charge in [-0.2, -0.15) is 0 Å². The van der Waals surface area contributed by atoms with Crippen molar-refractivity contribution in [1.29, 1.82) is 0 Å². The minimum absolute atomic E-state index is 0.0337. The summed E-state index contributed by atoms with van der Waals surface area (Å²) in [6, 6.07) is 16.0. The van der Waals surface area contributed by atoms with E-state index in [0.717, 1.165) is 41.9 Å². The Kier molecular flexibility index (Phi) is 9.15. The van der Waals surface area contributed by atoms with Gasteiger partial charge in [0, 0.05) is 31.1 Å². The highest BCUT2D eigenvalue weighted by Gasteiger charge is 2.39. The normalized spacial score (nSPS) is 25.2. The van der Waals surface area contributed by atoms with Gasteiger partial charge in [0.1, 0.15) is 0 Å². The number of aliphatic hydroxyl groups is 1. The number of urea groups is 1. The number of benzene rings is 2. The van der Waals surface area contributed by atoms with Crippen molar-refractivity contribution in [1.82, 2.24) is 15.5 Å². The number of nitrogens with one attached hydrogen (secondary N) is 2. The number of hydrogen-bond donors (Lipinski definition) is 3. The molecule has 2 aromatic carbocycles. The molecule has 0 radical (unpaired) electrons. The molecule has 0 aliphatic carbocycles. The van der Waals surface area contributed by atoms with Gasteiger partial charge in [-0.25, -0.2) is 4.79 Å². The third-order valence-electron chi connectivity index (χ3n) is 7.05. The number of aliphatic hydroxyl groups excluding tert-OH is 1. The molecule has 0 spiro atoms. The van der Waals surface area contributed by atoms with Gasteiger partial charge in [-0.3, -0.25) is 0 Å². The van der Waals surface area contributed by atoms with Crippen LogP contribution in [0.3, 0.4) is 0 Å². The Labute approximate surface area is 208 Å². The Morgan fingerprint density at radius 1 is 0.943 bits per heavy atom. The summed E-state index contributed by atoms with van der Waals surface area (Å²) in [4.78, 5) is 14.2. The van der Waals surface area contributed by atoms with Crippen LogP contribution in [0.2, 0.25) is 0 Å². The second-order valence-electron chi connectivity index (χ2n) is 9.64. The molecule has 2 heterocycles. The van der Waals surface area contributed by atoms with Gasteiger partial charge in [0.2, 0.25) is 0 Å². The standard InChI is InChI=1S/C28H39N3O4/c1-3-29-28(33)30-17-21-7-13-24(14-8-21)27-34-25(18-31-15-5-4-6-16-31)20(2)26(35-27)23-11-9-22(19-32)10-12-23/h7-14,20,25-27,32H,3-6,15-19H2,1-2H3,(H2,29,30,33)/t20-,25+,26+,27+/m0/s1. The van der Waals surface area contributed by atoms with E-state index in [9.17, 15) is 9.90 Å². The zero-order chi connectivity index (χ0) is 24.6. The maximum Gasteiger partial charge on any atom is 0.315 e. The third-order valence-corrected chi connectivity index (χ3v) is 7.05. The maximum absolute atomic E-state index is 11.7. The second-order valence-corrected chi connectivity index (χ2v) is 9.64. The molecule has 2 fully saturated rings. The number of carbonyl (C=O) groups is 1. The number of likely N-dealkylation sites (tertiary alicyclic amines) is 1. The number of hydrogen-bond acceptors (Lipinski definition) is 5. The van der Waals surface area contributed by atoms with Crippen molar-refractivity contribution in [3.05, 3.63) is 70.8 Å². The van der Waals surface area contributed by atoms with Crippen molar-refractivity contribution in [3.63, 3.8) is 0 Å². The van der Waals surface area contributed by atoms with Crippen LogP contribution in [0, 0.1) is 5.92 Å². The number of piperidine rings is 1. The topological polar surface area (TPSA) is 83.1 Å². The number of carbonyl (C=O) groups excluding carboxylic acids is 1. The predicted molar refractivity (Wildman–Crippen MR) is 136 cm³/mol. The van der Waals surface area contributed by atoms with Crippen LogP contribution in [0.5, 0.6) is 0 Å². The zero-order valence-corrected chi connectivity index (χ0v) is 20.9. The summed E-state index contributed by atoms with van der Waals surface area (Å²) in [6.45, 7) is 8.36. The molecular formula is C28H39N3O4. The lowest BCUT2D eigenvalue weighted by atomic mass is 9.89. The van der Waals surface area contributed by atoms with Gasteiger partial charge in [-0.05, 0) is 49.5 Å². The van der Waals surface area contributed by atoms with E-state index in [2.05, 4.69) is 34.6 Å². The van der Waals surface area contributed by atoms with Crippen LogP contribution in [0.15, 0.2) is 48.5 Å². The molecule has 7 nitrogen and oxygen atoms in total. The molecule has 3 N–H and O–H groups in total. The molecule has 0 bridgehead atoms. The Balaban J connectivity index is 1.50. The first-order valence-electron chi connectivity index (χ1n) is 12.9. The van der Waals surface area contributed by atoms with E-state index in [4.69, 9.17) is 9.47 Å². The molecule has 0 aromatic heterocycles. The van der Waals surface area contributed by atoms with Crippen LogP contribution in [0.25, 0.3) is 0 Å². The SMILES string of the molecule is CCNC(=O)NCc1ccc([C@@H]2O[C@H](CN3CCCCC3)[C@H](C)[C@H](c3ccc(CO)cc3)O2)cc1. The molecule has 4 rings (SSSR count). The Hall–Kier alpha value is -2.45. The van der Waals surface area contributed by atoms with Gasteiger partial charge in [0.25, 0.3) is 0 Å². The summed E-state index contributed by atoms with van der Waals surface area (Å²) in [5.41, 5.74) is 3.99. The molecule has 2 amide bonds. The molecule has 2 aliphatic rings. The average Bonchev–Trinajstić information content (AvgIpc) is 2.90. The second kappa shape index (κ2) is 12.5. The third kappa shape index (κ3) is 6.82. The van der Waals surface area contributed by atoms with E-state index >= 15 is 0 Å². The molecule has 7 heteroatoms. The van der Waals surface area contributed by atoms with E-state index in [0.29, 0.717) is 13.1 Å². The highest BCUT2D eigenvalue weighted by atomic mass is 16.7. The van der Waals surface area contributed by atoms with Gasteiger partial charge in [-0.15, -0.1) is 0 Å². The van der Waals surface area contributed by atoms with Crippen LogP contribution < -0.4 is 10.6 Å². The van der Waals surface area contributed by atoms with Crippen molar-refractivity contribution < 1.29 is 19.4 Å². The van der Waals surface area contributed by atoms with Crippen LogP contribution in [-0.4, -0.2) is 48.3 Å². The van der Waals surface area contributed by atoms with Gasteiger partial charge in [0.05, 0.1) is 18.8 Å². The van der Waals surface area contributed by atoms with E-state index < -0.39 is 6.29 Å². The number of amides is 2. The van der Waals surface area contributed by atoms with Gasteiger partial charge in [0.15, 0.2) is 6.29 Å². The lowest BCUT2D eigenvalue weighted by Crippen LogP contribution is -2.45. The summed E-state index contributed by atoms with van der Waals surface area (Å²) >= 11 is 0. The van der Waals surface area contributed by atoms with Crippen LogP contribution in [-0.2, 0) is 22.6 Å². The minimum atomic E-state index is -0.464. The highest BCUT2D eigenvalue weighted by molar-refractivity contribution is 5.73. The van der Waals surface area contributed by atoms with Gasteiger partial charge >= 0.3 is 6.03 Å². The van der Waals surface area contributed by atoms with Crippen molar-refractivity contribution in [2.45, 2.75) is 64.8 Å². The minimum Gasteiger partial charge on any atom is -0.392 e. The Bertz CT molecular complexity index is 928. The number of ether oxygens (including phenoxy) is 2. The largest absolute Gasteiger partial charge is 0.392 e. The molecule has 2 saturated heterocycles. The first-order chi connectivity index (χ1) is 17.1. The maximum atomic E-state index is 11.7. The van der Waals surface area contributed by atoms with E-state index in [1.54, 1.807) is 0 Å². The molecular weight excluding hydrogens is 442 g/mol. The summed E-state index contributed by atoms with van der Waals surface area (Å²) in [6.07, 6.45) is 3.29. The molecule has 35 heavy (non-hydrogen) atoms.